The number of ketones is 1. The highest BCUT2D eigenvalue weighted by Gasteiger charge is 2.43. The lowest BCUT2D eigenvalue weighted by Gasteiger charge is -2.28. The molecule has 3 heterocycles. The molecule has 1 aromatic rings. The van der Waals surface area contributed by atoms with Gasteiger partial charge in [0.15, 0.2) is 23.0 Å². The molecule has 25 heavy (non-hydrogen) atoms. The van der Waals surface area contributed by atoms with E-state index >= 15 is 0 Å². The molecule has 2 atom stereocenters. The largest absolute Gasteiger partial charge is 0.503 e. The van der Waals surface area contributed by atoms with Crippen LogP contribution in [0.25, 0.3) is 0 Å². The zero-order valence-corrected chi connectivity index (χ0v) is 13.9. The van der Waals surface area contributed by atoms with Crippen molar-refractivity contribution in [3.05, 3.63) is 35.1 Å². The van der Waals surface area contributed by atoms with Crippen molar-refractivity contribution in [3.8, 4) is 11.5 Å². The SMILES string of the molecule is CC(=O)C1=C(O)C(=O)N(CC2CCCO2)C1c1ccc2c(c1)OCO2. The first-order valence-electron chi connectivity index (χ1n) is 8.32. The minimum absolute atomic E-state index is 0.0837. The first-order chi connectivity index (χ1) is 12.1. The number of rotatable bonds is 4. The number of hydrogen-bond acceptors (Lipinski definition) is 6. The quantitative estimate of drug-likeness (QED) is 0.897. The molecule has 3 aliphatic heterocycles. The van der Waals surface area contributed by atoms with Crippen molar-refractivity contribution in [2.45, 2.75) is 31.9 Å². The summed E-state index contributed by atoms with van der Waals surface area (Å²) in [6.07, 6.45) is 1.72. The maximum atomic E-state index is 12.6. The molecule has 0 bridgehead atoms. The van der Waals surface area contributed by atoms with Gasteiger partial charge in [0, 0.05) is 13.2 Å². The molecule has 7 nitrogen and oxygen atoms in total. The highest BCUT2D eigenvalue weighted by molar-refractivity contribution is 6.08. The number of hydrogen-bond donors (Lipinski definition) is 1. The third kappa shape index (κ3) is 2.64. The molecule has 7 heteroatoms. The van der Waals surface area contributed by atoms with E-state index in [1.165, 1.54) is 11.8 Å². The maximum Gasteiger partial charge on any atom is 0.290 e. The predicted octanol–water partition coefficient (Wildman–Crippen LogP) is 1.88. The van der Waals surface area contributed by atoms with E-state index in [1.54, 1.807) is 18.2 Å². The Morgan fingerprint density at radius 2 is 2.12 bits per heavy atom. The topological polar surface area (TPSA) is 85.3 Å². The van der Waals surface area contributed by atoms with Crippen LogP contribution in [0.15, 0.2) is 29.5 Å². The van der Waals surface area contributed by atoms with Gasteiger partial charge in [0.2, 0.25) is 6.79 Å². The molecule has 1 saturated heterocycles. The number of fused-ring (bicyclic) bond motifs is 1. The molecule has 0 aromatic heterocycles. The second kappa shape index (κ2) is 6.07. The third-order valence-corrected chi connectivity index (χ3v) is 4.82. The smallest absolute Gasteiger partial charge is 0.290 e. The Hall–Kier alpha value is -2.54. The molecule has 132 valence electrons. The van der Waals surface area contributed by atoms with E-state index in [9.17, 15) is 14.7 Å². The second-order valence-corrected chi connectivity index (χ2v) is 6.43. The average Bonchev–Trinajstić information content (AvgIpc) is 3.30. The Bertz CT molecular complexity index is 765. The molecular weight excluding hydrogens is 326 g/mol. The molecule has 4 rings (SSSR count). The van der Waals surface area contributed by atoms with Crippen LogP contribution >= 0.6 is 0 Å². The molecular formula is C18H19NO6. The van der Waals surface area contributed by atoms with E-state index in [4.69, 9.17) is 14.2 Å². The van der Waals surface area contributed by atoms with E-state index in [0.717, 1.165) is 12.8 Å². The summed E-state index contributed by atoms with van der Waals surface area (Å²) in [5.74, 6) is -0.160. The molecule has 0 spiro atoms. The van der Waals surface area contributed by atoms with Gasteiger partial charge in [-0.05, 0) is 37.5 Å². The van der Waals surface area contributed by atoms with Gasteiger partial charge in [-0.15, -0.1) is 0 Å². The normalized spacial score (nSPS) is 25.2. The van der Waals surface area contributed by atoms with Gasteiger partial charge >= 0.3 is 0 Å². The first-order valence-corrected chi connectivity index (χ1v) is 8.32. The molecule has 0 aliphatic carbocycles. The van der Waals surface area contributed by atoms with E-state index < -0.39 is 17.7 Å². The number of Topliss-reactive ketones (excluding diaryl/α,β-unsaturated/α-hetero) is 1. The minimum atomic E-state index is -0.649. The van der Waals surface area contributed by atoms with Crippen molar-refractivity contribution in [1.82, 2.24) is 4.90 Å². The van der Waals surface area contributed by atoms with Crippen LogP contribution in [0.1, 0.15) is 31.4 Å². The molecule has 1 N–H and O–H groups in total. The Labute approximate surface area is 144 Å². The van der Waals surface area contributed by atoms with Crippen molar-refractivity contribution in [2.24, 2.45) is 0 Å². The lowest BCUT2D eigenvalue weighted by atomic mass is 9.96. The first kappa shape index (κ1) is 16.0. The van der Waals surface area contributed by atoms with Gasteiger partial charge in [0.05, 0.1) is 17.7 Å². The number of aliphatic hydroxyl groups excluding tert-OH is 1. The number of benzene rings is 1. The highest BCUT2D eigenvalue weighted by atomic mass is 16.7. The van der Waals surface area contributed by atoms with Gasteiger partial charge in [-0.2, -0.15) is 0 Å². The fraction of sp³-hybridized carbons (Fsp3) is 0.444. The molecule has 3 aliphatic rings. The van der Waals surface area contributed by atoms with Crippen molar-refractivity contribution in [2.75, 3.05) is 19.9 Å². The summed E-state index contributed by atoms with van der Waals surface area (Å²) in [5, 5.41) is 10.3. The van der Waals surface area contributed by atoms with Crippen LogP contribution in [-0.4, -0.2) is 47.7 Å². The fourth-order valence-electron chi connectivity index (χ4n) is 3.64. The Kier molecular flexibility index (Phi) is 3.88. The summed E-state index contributed by atoms with van der Waals surface area (Å²) in [4.78, 5) is 26.2. The van der Waals surface area contributed by atoms with Crippen LogP contribution in [0, 0.1) is 0 Å². The van der Waals surface area contributed by atoms with Crippen molar-refractivity contribution in [3.63, 3.8) is 0 Å². The highest BCUT2D eigenvalue weighted by Crippen LogP contribution is 2.42. The molecule has 0 radical (unpaired) electrons. The zero-order chi connectivity index (χ0) is 17.6. The summed E-state index contributed by atoms with van der Waals surface area (Å²) in [6, 6.07) is 4.64. The summed E-state index contributed by atoms with van der Waals surface area (Å²) < 4.78 is 16.3. The molecule has 0 saturated carbocycles. The molecule has 1 amide bonds. The van der Waals surface area contributed by atoms with E-state index in [-0.39, 0.29) is 24.3 Å². The minimum Gasteiger partial charge on any atom is -0.503 e. The number of carbonyl (C=O) groups is 2. The van der Waals surface area contributed by atoms with Gasteiger partial charge in [-0.25, -0.2) is 0 Å². The third-order valence-electron chi connectivity index (χ3n) is 4.82. The van der Waals surface area contributed by atoms with Crippen LogP contribution < -0.4 is 9.47 Å². The van der Waals surface area contributed by atoms with Gasteiger partial charge in [0.25, 0.3) is 5.91 Å². The zero-order valence-electron chi connectivity index (χ0n) is 13.9. The number of aliphatic hydroxyl groups is 1. The fourth-order valence-corrected chi connectivity index (χ4v) is 3.64. The Morgan fingerprint density at radius 3 is 2.84 bits per heavy atom. The Balaban J connectivity index is 1.73. The van der Waals surface area contributed by atoms with Gasteiger partial charge in [-0.3, -0.25) is 9.59 Å². The lowest BCUT2D eigenvalue weighted by Crippen LogP contribution is -2.37. The molecule has 1 aromatic carbocycles. The standard InChI is InChI=1S/C18H19NO6/c1-10(20)15-16(11-4-5-13-14(7-11)25-9-24-13)19(18(22)17(15)21)8-12-3-2-6-23-12/h4-5,7,12,16,21H,2-3,6,8-9H2,1H3. The maximum absolute atomic E-state index is 12.6. The van der Waals surface area contributed by atoms with Gasteiger partial charge in [-0.1, -0.05) is 6.07 Å². The summed E-state index contributed by atoms with van der Waals surface area (Å²) in [6.45, 7) is 2.50. The van der Waals surface area contributed by atoms with Crippen LogP contribution in [-0.2, 0) is 14.3 Å². The number of ether oxygens (including phenoxy) is 3. The number of nitrogens with zero attached hydrogens (tertiary/aromatic N) is 1. The van der Waals surface area contributed by atoms with E-state index in [1.807, 2.05) is 0 Å². The molecule has 2 unspecified atom stereocenters. The van der Waals surface area contributed by atoms with Crippen LogP contribution in [0.5, 0.6) is 11.5 Å². The van der Waals surface area contributed by atoms with Crippen LogP contribution in [0.3, 0.4) is 0 Å². The van der Waals surface area contributed by atoms with Crippen LogP contribution in [0.4, 0.5) is 0 Å². The summed E-state index contributed by atoms with van der Waals surface area (Å²) in [5.41, 5.74) is 0.812. The monoisotopic (exact) mass is 345 g/mol. The van der Waals surface area contributed by atoms with Gasteiger partial charge < -0.3 is 24.2 Å². The van der Waals surface area contributed by atoms with E-state index in [2.05, 4.69) is 0 Å². The van der Waals surface area contributed by atoms with Crippen molar-refractivity contribution < 1.29 is 28.9 Å². The van der Waals surface area contributed by atoms with Crippen molar-refractivity contribution in [1.29, 1.82) is 0 Å². The predicted molar refractivity (Wildman–Crippen MR) is 86.3 cm³/mol. The van der Waals surface area contributed by atoms with E-state index in [0.29, 0.717) is 30.2 Å². The lowest BCUT2D eigenvalue weighted by molar-refractivity contribution is -0.131. The molecule has 1 fully saturated rings. The number of carbonyl (C=O) groups excluding carboxylic acids is 2. The van der Waals surface area contributed by atoms with Crippen molar-refractivity contribution >= 4 is 11.7 Å². The summed E-state index contributed by atoms with van der Waals surface area (Å²) >= 11 is 0. The summed E-state index contributed by atoms with van der Waals surface area (Å²) in [7, 11) is 0. The van der Waals surface area contributed by atoms with Gasteiger partial charge in [0.1, 0.15) is 0 Å². The average molecular weight is 345 g/mol. The Morgan fingerprint density at radius 1 is 1.32 bits per heavy atom. The van der Waals surface area contributed by atoms with Crippen LogP contribution in [0.2, 0.25) is 0 Å². The number of amides is 1. The second-order valence-electron chi connectivity index (χ2n) is 6.43.